The van der Waals surface area contributed by atoms with Crippen LogP contribution in [0.3, 0.4) is 0 Å². The molecule has 0 bridgehead atoms. The van der Waals surface area contributed by atoms with E-state index in [9.17, 15) is 4.79 Å². The second-order valence-corrected chi connectivity index (χ2v) is 5.97. The molecule has 0 saturated heterocycles. The van der Waals surface area contributed by atoms with E-state index < -0.39 is 0 Å². The van der Waals surface area contributed by atoms with Crippen LogP contribution in [-0.4, -0.2) is 19.1 Å². The lowest BCUT2D eigenvalue weighted by Gasteiger charge is -2.17. The number of nitrogens with one attached hydrogen (secondary N) is 1. The van der Waals surface area contributed by atoms with Crippen molar-refractivity contribution in [2.75, 3.05) is 13.2 Å². The van der Waals surface area contributed by atoms with Gasteiger partial charge in [-0.05, 0) is 43.7 Å². The maximum absolute atomic E-state index is 12.1. The average molecular weight is 368 g/mol. The van der Waals surface area contributed by atoms with E-state index in [0.29, 0.717) is 28.2 Å². The number of para-hydroxylation sites is 2. The summed E-state index contributed by atoms with van der Waals surface area (Å²) in [5.41, 5.74) is 0.795. The Balaban J connectivity index is 1.94. The summed E-state index contributed by atoms with van der Waals surface area (Å²) < 4.78 is 11.0. The van der Waals surface area contributed by atoms with E-state index in [4.69, 9.17) is 32.7 Å². The van der Waals surface area contributed by atoms with Gasteiger partial charge < -0.3 is 14.8 Å². The molecule has 1 atom stereocenters. The standard InChI is InChI=1S/C18H19Cl2NO3/c1-3-23-16-6-4-5-7-17(16)24-11-18(22)21-12(2)14-9-8-13(19)10-15(14)20/h4-10,12H,3,11H2,1-2H3,(H,21,22). The molecular weight excluding hydrogens is 349 g/mol. The SMILES string of the molecule is CCOc1ccccc1OCC(=O)NC(C)c1ccc(Cl)cc1Cl. The normalized spacial score (nSPS) is 11.7. The van der Waals surface area contributed by atoms with Crippen LogP contribution >= 0.6 is 23.2 Å². The van der Waals surface area contributed by atoms with Gasteiger partial charge in [0.05, 0.1) is 12.6 Å². The lowest BCUT2D eigenvalue weighted by molar-refractivity contribution is -0.123. The Morgan fingerprint density at radius 3 is 2.42 bits per heavy atom. The van der Waals surface area contributed by atoms with Crippen LogP contribution in [0.2, 0.25) is 10.0 Å². The highest BCUT2D eigenvalue weighted by atomic mass is 35.5. The number of halogens is 2. The molecule has 2 aromatic carbocycles. The second-order valence-electron chi connectivity index (χ2n) is 5.12. The zero-order valence-corrected chi connectivity index (χ0v) is 15.0. The number of ether oxygens (including phenoxy) is 2. The second kappa shape index (κ2) is 8.81. The van der Waals surface area contributed by atoms with Gasteiger partial charge in [0, 0.05) is 10.0 Å². The molecule has 0 aliphatic heterocycles. The Labute approximate surface area is 151 Å². The minimum absolute atomic E-state index is 0.111. The quantitative estimate of drug-likeness (QED) is 0.774. The molecule has 128 valence electrons. The van der Waals surface area contributed by atoms with Crippen LogP contribution in [0.1, 0.15) is 25.5 Å². The van der Waals surface area contributed by atoms with Crippen LogP contribution < -0.4 is 14.8 Å². The molecule has 2 rings (SSSR count). The summed E-state index contributed by atoms with van der Waals surface area (Å²) in [6, 6.07) is 12.2. The van der Waals surface area contributed by atoms with Crippen molar-refractivity contribution in [1.82, 2.24) is 5.32 Å². The Bertz CT molecular complexity index is 706. The first-order chi connectivity index (χ1) is 11.5. The minimum atomic E-state index is -0.256. The summed E-state index contributed by atoms with van der Waals surface area (Å²) in [7, 11) is 0. The van der Waals surface area contributed by atoms with E-state index in [0.717, 1.165) is 5.56 Å². The van der Waals surface area contributed by atoms with E-state index in [1.807, 2.05) is 26.0 Å². The van der Waals surface area contributed by atoms with E-state index in [1.54, 1.807) is 30.3 Å². The molecule has 1 N–H and O–H groups in total. The van der Waals surface area contributed by atoms with Crippen molar-refractivity contribution in [2.24, 2.45) is 0 Å². The number of benzene rings is 2. The fourth-order valence-electron chi connectivity index (χ4n) is 2.20. The zero-order chi connectivity index (χ0) is 17.5. The lowest BCUT2D eigenvalue weighted by Crippen LogP contribution is -2.31. The van der Waals surface area contributed by atoms with E-state index >= 15 is 0 Å². The van der Waals surface area contributed by atoms with Gasteiger partial charge in [-0.3, -0.25) is 4.79 Å². The predicted molar refractivity (Wildman–Crippen MR) is 96.1 cm³/mol. The molecule has 0 heterocycles. The molecule has 4 nitrogen and oxygen atoms in total. The van der Waals surface area contributed by atoms with Crippen molar-refractivity contribution in [2.45, 2.75) is 19.9 Å². The van der Waals surface area contributed by atoms with Crippen LogP contribution in [0.5, 0.6) is 11.5 Å². The van der Waals surface area contributed by atoms with Gasteiger partial charge >= 0.3 is 0 Å². The minimum Gasteiger partial charge on any atom is -0.490 e. The van der Waals surface area contributed by atoms with Crippen molar-refractivity contribution < 1.29 is 14.3 Å². The van der Waals surface area contributed by atoms with Gasteiger partial charge in [0.1, 0.15) is 0 Å². The van der Waals surface area contributed by atoms with Crippen molar-refractivity contribution in [3.05, 3.63) is 58.1 Å². The molecule has 0 aromatic heterocycles. The highest BCUT2D eigenvalue weighted by Gasteiger charge is 2.14. The third-order valence-electron chi connectivity index (χ3n) is 3.31. The van der Waals surface area contributed by atoms with Gasteiger partial charge in [-0.15, -0.1) is 0 Å². The summed E-state index contributed by atoms with van der Waals surface area (Å²) >= 11 is 12.0. The fourth-order valence-corrected chi connectivity index (χ4v) is 2.77. The number of hydrogen-bond acceptors (Lipinski definition) is 3. The molecule has 0 spiro atoms. The van der Waals surface area contributed by atoms with Crippen LogP contribution in [-0.2, 0) is 4.79 Å². The maximum atomic E-state index is 12.1. The molecule has 24 heavy (non-hydrogen) atoms. The van der Waals surface area contributed by atoms with E-state index in [2.05, 4.69) is 5.32 Å². The van der Waals surface area contributed by atoms with Gasteiger partial charge in [0.2, 0.25) is 0 Å². The summed E-state index contributed by atoms with van der Waals surface area (Å²) in [5.74, 6) is 0.896. The third-order valence-corrected chi connectivity index (χ3v) is 3.88. The number of rotatable bonds is 7. The number of amides is 1. The summed E-state index contributed by atoms with van der Waals surface area (Å²) in [5, 5.41) is 3.91. The van der Waals surface area contributed by atoms with Crippen LogP contribution in [0, 0.1) is 0 Å². The molecule has 0 aliphatic carbocycles. The van der Waals surface area contributed by atoms with Gasteiger partial charge in [-0.25, -0.2) is 0 Å². The maximum Gasteiger partial charge on any atom is 0.258 e. The third kappa shape index (κ3) is 5.05. The van der Waals surface area contributed by atoms with Crippen molar-refractivity contribution in [3.63, 3.8) is 0 Å². The van der Waals surface area contributed by atoms with Crippen molar-refractivity contribution >= 4 is 29.1 Å². The molecule has 0 aliphatic rings. The Morgan fingerprint density at radius 1 is 1.12 bits per heavy atom. The molecule has 6 heteroatoms. The fraction of sp³-hybridized carbons (Fsp3) is 0.278. The number of carbonyl (C=O) groups is 1. The molecule has 0 radical (unpaired) electrons. The number of carbonyl (C=O) groups excluding carboxylic acids is 1. The summed E-state index contributed by atoms with van der Waals surface area (Å²) in [6.07, 6.45) is 0. The molecule has 1 unspecified atom stereocenters. The molecular formula is C18H19Cl2NO3. The van der Waals surface area contributed by atoms with Crippen LogP contribution in [0.15, 0.2) is 42.5 Å². The Morgan fingerprint density at radius 2 is 1.79 bits per heavy atom. The smallest absolute Gasteiger partial charge is 0.258 e. The Kier molecular flexibility index (Phi) is 6.76. The van der Waals surface area contributed by atoms with E-state index in [-0.39, 0.29) is 18.6 Å². The average Bonchev–Trinajstić information content (AvgIpc) is 2.54. The highest BCUT2D eigenvalue weighted by Crippen LogP contribution is 2.27. The van der Waals surface area contributed by atoms with Gasteiger partial charge in [0.15, 0.2) is 18.1 Å². The highest BCUT2D eigenvalue weighted by molar-refractivity contribution is 6.35. The Hall–Kier alpha value is -1.91. The zero-order valence-electron chi connectivity index (χ0n) is 13.5. The molecule has 0 fully saturated rings. The van der Waals surface area contributed by atoms with Gasteiger partial charge in [-0.1, -0.05) is 41.4 Å². The van der Waals surface area contributed by atoms with E-state index in [1.165, 1.54) is 0 Å². The number of hydrogen-bond donors (Lipinski definition) is 1. The van der Waals surface area contributed by atoms with Crippen LogP contribution in [0.4, 0.5) is 0 Å². The van der Waals surface area contributed by atoms with Crippen molar-refractivity contribution in [1.29, 1.82) is 0 Å². The molecule has 1 amide bonds. The van der Waals surface area contributed by atoms with Crippen molar-refractivity contribution in [3.8, 4) is 11.5 Å². The van der Waals surface area contributed by atoms with Crippen LogP contribution in [0.25, 0.3) is 0 Å². The largest absolute Gasteiger partial charge is 0.490 e. The lowest BCUT2D eigenvalue weighted by atomic mass is 10.1. The predicted octanol–water partition coefficient (Wildman–Crippen LogP) is 4.65. The first kappa shape index (κ1) is 18.4. The first-order valence-corrected chi connectivity index (χ1v) is 8.35. The topological polar surface area (TPSA) is 47.6 Å². The monoisotopic (exact) mass is 367 g/mol. The van der Waals surface area contributed by atoms with Gasteiger partial charge in [-0.2, -0.15) is 0 Å². The van der Waals surface area contributed by atoms with Gasteiger partial charge in [0.25, 0.3) is 5.91 Å². The molecule has 0 saturated carbocycles. The first-order valence-electron chi connectivity index (χ1n) is 7.60. The summed E-state index contributed by atoms with van der Waals surface area (Å²) in [4.78, 5) is 12.1. The molecule has 2 aromatic rings. The summed E-state index contributed by atoms with van der Waals surface area (Å²) in [6.45, 7) is 4.15.